The van der Waals surface area contributed by atoms with E-state index in [1.807, 2.05) is 24.9 Å². The van der Waals surface area contributed by atoms with E-state index in [1.165, 1.54) is 7.05 Å². The van der Waals surface area contributed by atoms with Gasteiger partial charge in [-0.1, -0.05) is 33.3 Å². The molecule has 0 radical (unpaired) electrons. The molecule has 0 spiro atoms. The normalized spacial score (nSPS) is 18.0. The minimum atomic E-state index is -1.11. The molecule has 0 bridgehead atoms. The van der Waals surface area contributed by atoms with E-state index in [0.29, 0.717) is 45.9 Å². The summed E-state index contributed by atoms with van der Waals surface area (Å²) in [7, 11) is 1.49. The molecule has 3 rings (SSSR count). The molecule has 9 nitrogen and oxygen atoms in total. The molecule has 34 heavy (non-hydrogen) atoms. The van der Waals surface area contributed by atoms with Gasteiger partial charge in [-0.3, -0.25) is 14.5 Å². The van der Waals surface area contributed by atoms with Crippen molar-refractivity contribution in [3.63, 3.8) is 0 Å². The van der Waals surface area contributed by atoms with Gasteiger partial charge in [-0.2, -0.15) is 0 Å². The molecule has 0 fully saturated rings. The molecule has 1 unspecified atom stereocenters. The number of carboxylic acid groups (broad SMARTS) is 1. The highest BCUT2D eigenvalue weighted by molar-refractivity contribution is 7.14. The summed E-state index contributed by atoms with van der Waals surface area (Å²) >= 11 is 1.12. The van der Waals surface area contributed by atoms with E-state index in [1.54, 1.807) is 13.0 Å². The molecule has 1 aromatic heterocycles. The number of nitrogens with two attached hydrogens (primary N) is 1. The van der Waals surface area contributed by atoms with Gasteiger partial charge in [0.2, 0.25) is 0 Å². The molecule has 1 aliphatic carbocycles. The third-order valence-electron chi connectivity index (χ3n) is 5.64. The number of hydrogen-bond acceptors (Lipinski definition) is 7. The Kier molecular flexibility index (Phi) is 7.81. The largest absolute Gasteiger partial charge is 0.489 e. The maximum Gasteiger partial charge on any atom is 0.412 e. The van der Waals surface area contributed by atoms with Crippen molar-refractivity contribution in [1.82, 2.24) is 14.8 Å². The van der Waals surface area contributed by atoms with Crippen molar-refractivity contribution in [2.75, 3.05) is 20.2 Å². The number of Topliss-reactive ketones (excluding diaryl/α,β-unsaturated/α-hetero) is 1. The average molecular weight is 489 g/mol. The zero-order chi connectivity index (χ0) is 25.2. The van der Waals surface area contributed by atoms with Gasteiger partial charge in [-0.05, 0) is 24.8 Å². The van der Waals surface area contributed by atoms with E-state index < -0.39 is 17.9 Å². The van der Waals surface area contributed by atoms with Gasteiger partial charge in [0.1, 0.15) is 9.88 Å². The molecule has 2 amide bonds. The fraction of sp³-hybridized carbons (Fsp3) is 0.500. The van der Waals surface area contributed by atoms with Crippen molar-refractivity contribution in [3.05, 3.63) is 50.6 Å². The topological polar surface area (TPSA) is 126 Å². The van der Waals surface area contributed by atoms with Crippen molar-refractivity contribution < 1.29 is 24.2 Å². The van der Waals surface area contributed by atoms with Crippen LogP contribution in [0, 0.1) is 12.8 Å². The molecule has 0 aromatic carbocycles. The number of aromatic nitrogens is 1. The third kappa shape index (κ3) is 5.16. The summed E-state index contributed by atoms with van der Waals surface area (Å²) in [6.45, 7) is 8.82. The van der Waals surface area contributed by atoms with E-state index in [2.05, 4.69) is 11.9 Å². The standard InChI is InChI=1S/C24H32N4O5S/c1-6-7-8-33-19-16-10-17(22-26-14(4)20(34-22)21(25)30)18(29)9-15(16)12-28(11-13(2)3)23(19)27(5)24(31)32/h10,12-13,17H,6-9,11H2,1-5H3,(H2,25,30)(H,31,32). The molecular formula is C24H32N4O5S. The Morgan fingerprint density at radius 1 is 1.41 bits per heavy atom. The highest BCUT2D eigenvalue weighted by atomic mass is 32.1. The molecule has 0 saturated carbocycles. The van der Waals surface area contributed by atoms with Crippen molar-refractivity contribution in [2.45, 2.75) is 52.9 Å². The maximum atomic E-state index is 13.1. The Bertz CT molecular complexity index is 1090. The number of carbonyl (C=O) groups excluding carboxylic acids is 2. The first kappa shape index (κ1) is 25.5. The number of hydrogen-bond donors (Lipinski definition) is 2. The number of allylic oxidation sites excluding steroid dienone is 2. The number of ether oxygens (including phenoxy) is 1. The Morgan fingerprint density at radius 3 is 2.68 bits per heavy atom. The number of rotatable bonds is 9. The third-order valence-corrected chi connectivity index (χ3v) is 6.89. The molecule has 1 aromatic rings. The Balaban J connectivity index is 2.16. The van der Waals surface area contributed by atoms with E-state index in [4.69, 9.17) is 10.5 Å². The highest BCUT2D eigenvalue weighted by Crippen LogP contribution is 2.42. The van der Waals surface area contributed by atoms with Gasteiger partial charge < -0.3 is 20.5 Å². The van der Waals surface area contributed by atoms with Gasteiger partial charge >= 0.3 is 6.09 Å². The highest BCUT2D eigenvalue weighted by Gasteiger charge is 2.38. The first-order chi connectivity index (χ1) is 16.0. The number of carbonyl (C=O) groups is 3. The Morgan fingerprint density at radius 2 is 2.12 bits per heavy atom. The molecule has 1 atom stereocenters. The van der Waals surface area contributed by atoms with Crippen molar-refractivity contribution in [2.24, 2.45) is 11.7 Å². The number of primary amides is 1. The second-order valence-electron chi connectivity index (χ2n) is 8.93. The van der Waals surface area contributed by atoms with Crippen LogP contribution in [-0.4, -0.2) is 57.9 Å². The summed E-state index contributed by atoms with van der Waals surface area (Å²) in [6.07, 6.45) is 4.40. The fourth-order valence-electron chi connectivity index (χ4n) is 4.01. The smallest absolute Gasteiger partial charge is 0.412 e. The number of amides is 2. The summed E-state index contributed by atoms with van der Waals surface area (Å²) < 4.78 is 6.20. The lowest BCUT2D eigenvalue weighted by Crippen LogP contribution is -2.40. The maximum absolute atomic E-state index is 13.1. The monoisotopic (exact) mass is 488 g/mol. The Labute approximate surface area is 203 Å². The second kappa shape index (κ2) is 10.4. The zero-order valence-electron chi connectivity index (χ0n) is 20.3. The van der Waals surface area contributed by atoms with Crippen LogP contribution in [0.15, 0.2) is 35.0 Å². The summed E-state index contributed by atoms with van der Waals surface area (Å²) in [5, 5.41) is 10.3. The number of ketones is 1. The van der Waals surface area contributed by atoms with Crippen LogP contribution in [0.3, 0.4) is 0 Å². The average Bonchev–Trinajstić information content (AvgIpc) is 3.14. The summed E-state index contributed by atoms with van der Waals surface area (Å²) in [5.41, 5.74) is 7.41. The fourth-order valence-corrected chi connectivity index (χ4v) is 5.03. The van der Waals surface area contributed by atoms with Crippen LogP contribution in [0.25, 0.3) is 0 Å². The molecule has 184 valence electrons. The quantitative estimate of drug-likeness (QED) is 0.503. The minimum absolute atomic E-state index is 0.0489. The van der Waals surface area contributed by atoms with Crippen LogP contribution in [0.4, 0.5) is 4.79 Å². The van der Waals surface area contributed by atoms with E-state index >= 15 is 0 Å². The van der Waals surface area contributed by atoms with E-state index in [-0.39, 0.29) is 18.1 Å². The first-order valence-electron chi connectivity index (χ1n) is 11.4. The van der Waals surface area contributed by atoms with Gasteiger partial charge in [0.15, 0.2) is 17.4 Å². The van der Waals surface area contributed by atoms with Gasteiger partial charge in [-0.15, -0.1) is 11.3 Å². The molecular weight excluding hydrogens is 456 g/mol. The van der Waals surface area contributed by atoms with E-state index in [0.717, 1.165) is 34.7 Å². The van der Waals surface area contributed by atoms with Crippen LogP contribution in [0.2, 0.25) is 0 Å². The van der Waals surface area contributed by atoms with Crippen molar-refractivity contribution >= 4 is 29.1 Å². The number of unbranched alkanes of at least 4 members (excludes halogenated alkanes) is 1. The predicted octanol–water partition coefficient (Wildman–Crippen LogP) is 3.98. The molecule has 1 aliphatic heterocycles. The van der Waals surface area contributed by atoms with Crippen LogP contribution < -0.4 is 5.73 Å². The molecule has 10 heteroatoms. The number of thiazole rings is 1. The van der Waals surface area contributed by atoms with Gasteiger partial charge in [-0.25, -0.2) is 9.78 Å². The lowest BCUT2D eigenvalue weighted by molar-refractivity contribution is -0.119. The van der Waals surface area contributed by atoms with Crippen LogP contribution in [-0.2, 0) is 9.53 Å². The number of aryl methyl sites for hydroxylation is 1. The summed E-state index contributed by atoms with van der Waals surface area (Å²) in [4.78, 5) is 44.6. The van der Waals surface area contributed by atoms with Crippen molar-refractivity contribution in [1.29, 1.82) is 0 Å². The van der Waals surface area contributed by atoms with Gasteiger partial charge in [0.05, 0.1) is 18.2 Å². The second-order valence-corrected chi connectivity index (χ2v) is 9.96. The predicted molar refractivity (Wildman–Crippen MR) is 129 cm³/mol. The van der Waals surface area contributed by atoms with Crippen LogP contribution in [0.5, 0.6) is 0 Å². The molecule has 2 heterocycles. The first-order valence-corrected chi connectivity index (χ1v) is 12.2. The van der Waals surface area contributed by atoms with Crippen molar-refractivity contribution in [3.8, 4) is 0 Å². The summed E-state index contributed by atoms with van der Waals surface area (Å²) in [6, 6.07) is 0. The van der Waals surface area contributed by atoms with E-state index in [9.17, 15) is 19.5 Å². The minimum Gasteiger partial charge on any atom is -0.489 e. The molecule has 2 aliphatic rings. The molecule has 3 N–H and O–H groups in total. The van der Waals surface area contributed by atoms with Gasteiger partial charge in [0, 0.05) is 31.8 Å². The SMILES string of the molecule is CCCCOC1=C(N(C)C(=O)O)N(CC(C)C)C=C2CC(=O)C(c3nc(C)c(C(N)=O)s3)C=C21. The van der Waals surface area contributed by atoms with Gasteiger partial charge in [0.25, 0.3) is 5.91 Å². The Hall–Kier alpha value is -3.14. The zero-order valence-corrected chi connectivity index (χ0v) is 21.1. The lowest BCUT2D eigenvalue weighted by Gasteiger charge is -2.38. The lowest BCUT2D eigenvalue weighted by atomic mass is 9.83. The summed E-state index contributed by atoms with van der Waals surface area (Å²) in [5.74, 6) is -0.178. The van der Waals surface area contributed by atoms with Crippen LogP contribution in [0.1, 0.15) is 66.3 Å². The molecule has 0 saturated heterocycles. The number of nitrogens with zero attached hydrogens (tertiary/aromatic N) is 3. The number of fused-ring (bicyclic) bond motifs is 1. The van der Waals surface area contributed by atoms with Crippen LogP contribution >= 0.6 is 11.3 Å².